The van der Waals surface area contributed by atoms with Gasteiger partial charge in [0.25, 0.3) is 0 Å². The van der Waals surface area contributed by atoms with Gasteiger partial charge >= 0.3 is 0 Å². The molecule has 0 aliphatic carbocycles. The monoisotopic (exact) mass is 405 g/mol. The molecule has 1 fully saturated rings. The van der Waals surface area contributed by atoms with Crippen LogP contribution in [0.25, 0.3) is 0 Å². The highest BCUT2D eigenvalue weighted by Crippen LogP contribution is 2.18. The summed E-state index contributed by atoms with van der Waals surface area (Å²) in [5.74, 6) is -0.429. The quantitative estimate of drug-likeness (QED) is 0.720. The number of hydrogen-bond acceptors (Lipinski definition) is 4. The van der Waals surface area contributed by atoms with Gasteiger partial charge in [0.05, 0.1) is 4.90 Å². The molecule has 1 saturated heterocycles. The van der Waals surface area contributed by atoms with Crippen molar-refractivity contribution in [3.63, 3.8) is 0 Å². The van der Waals surface area contributed by atoms with Crippen molar-refractivity contribution in [3.05, 3.63) is 59.4 Å². The Balaban J connectivity index is 1.42. The number of halogens is 1. The van der Waals surface area contributed by atoms with Gasteiger partial charge in [0.2, 0.25) is 10.0 Å². The lowest BCUT2D eigenvalue weighted by molar-refractivity contribution is 0.255. The van der Waals surface area contributed by atoms with E-state index in [1.807, 2.05) is 0 Å². The van der Waals surface area contributed by atoms with Gasteiger partial charge in [0.1, 0.15) is 5.82 Å². The van der Waals surface area contributed by atoms with Crippen LogP contribution in [0.1, 0.15) is 17.5 Å². The summed E-state index contributed by atoms with van der Waals surface area (Å²) in [5.41, 5.74) is 2.95. The van der Waals surface area contributed by atoms with Crippen LogP contribution in [0, 0.1) is 19.7 Å². The summed E-state index contributed by atoms with van der Waals surface area (Å²) < 4.78 is 40.6. The van der Waals surface area contributed by atoms with Crippen molar-refractivity contribution in [1.29, 1.82) is 0 Å². The van der Waals surface area contributed by atoms with Crippen LogP contribution in [0.4, 0.5) is 10.1 Å². The Labute approximate surface area is 167 Å². The Hall–Kier alpha value is -1.96. The molecule has 7 heteroatoms. The highest BCUT2D eigenvalue weighted by Gasteiger charge is 2.19. The zero-order chi connectivity index (χ0) is 20.1. The number of nitrogens with zero attached hydrogens (tertiary/aromatic N) is 2. The first kappa shape index (κ1) is 20.8. The second-order valence-corrected chi connectivity index (χ2v) is 9.06. The van der Waals surface area contributed by atoms with E-state index in [-0.39, 0.29) is 4.90 Å². The summed E-state index contributed by atoms with van der Waals surface area (Å²) in [6.07, 6.45) is 0.740. The van der Waals surface area contributed by atoms with Crippen LogP contribution < -0.4 is 9.62 Å². The molecule has 0 atom stereocenters. The van der Waals surface area contributed by atoms with E-state index in [9.17, 15) is 12.8 Å². The lowest BCUT2D eigenvalue weighted by Gasteiger charge is -2.36. The summed E-state index contributed by atoms with van der Waals surface area (Å²) in [7, 11) is -3.60. The van der Waals surface area contributed by atoms with Crippen LogP contribution in [-0.2, 0) is 10.0 Å². The molecule has 1 aliphatic rings. The van der Waals surface area contributed by atoms with Gasteiger partial charge in [-0.25, -0.2) is 17.5 Å². The molecule has 28 heavy (non-hydrogen) atoms. The van der Waals surface area contributed by atoms with Gasteiger partial charge in [-0.15, -0.1) is 0 Å². The number of aryl methyl sites for hydroxylation is 2. The Morgan fingerprint density at radius 2 is 1.79 bits per heavy atom. The van der Waals surface area contributed by atoms with Crippen LogP contribution in [0.2, 0.25) is 0 Å². The fraction of sp³-hybridized carbons (Fsp3) is 0.429. The van der Waals surface area contributed by atoms with Crippen molar-refractivity contribution < 1.29 is 12.8 Å². The molecule has 0 saturated carbocycles. The minimum absolute atomic E-state index is 0.140. The molecule has 3 rings (SSSR count). The number of benzene rings is 2. The van der Waals surface area contributed by atoms with Gasteiger partial charge in [-0.1, -0.05) is 12.1 Å². The molecule has 1 N–H and O–H groups in total. The average molecular weight is 406 g/mol. The average Bonchev–Trinajstić information content (AvgIpc) is 2.65. The van der Waals surface area contributed by atoms with Gasteiger partial charge in [0, 0.05) is 38.4 Å². The summed E-state index contributed by atoms with van der Waals surface area (Å²) in [4.78, 5) is 4.90. The van der Waals surface area contributed by atoms with Crippen LogP contribution in [0.15, 0.2) is 47.4 Å². The predicted octanol–water partition coefficient (Wildman–Crippen LogP) is 2.93. The second-order valence-electron chi connectivity index (χ2n) is 7.33. The number of sulfonamides is 1. The lowest BCUT2D eigenvalue weighted by Crippen LogP contribution is -2.47. The Bertz CT molecular complexity index is 910. The van der Waals surface area contributed by atoms with Gasteiger partial charge < -0.3 is 4.90 Å². The first-order chi connectivity index (χ1) is 13.3. The lowest BCUT2D eigenvalue weighted by atomic mass is 10.2. The number of nitrogens with one attached hydrogen (secondary N) is 1. The summed E-state index contributed by atoms with van der Waals surface area (Å²) >= 11 is 0. The summed E-state index contributed by atoms with van der Waals surface area (Å²) in [5, 5.41) is 0. The largest absolute Gasteiger partial charge is 0.369 e. The second kappa shape index (κ2) is 9.03. The van der Waals surface area contributed by atoms with E-state index < -0.39 is 15.8 Å². The molecule has 0 amide bonds. The molecule has 1 aliphatic heterocycles. The smallest absolute Gasteiger partial charge is 0.240 e. The third kappa shape index (κ3) is 5.31. The van der Waals surface area contributed by atoms with Crippen LogP contribution in [0.3, 0.4) is 0 Å². The summed E-state index contributed by atoms with van der Waals surface area (Å²) in [6.45, 7) is 8.83. The van der Waals surface area contributed by atoms with Crippen molar-refractivity contribution in [2.75, 3.05) is 44.2 Å². The van der Waals surface area contributed by atoms with Crippen molar-refractivity contribution in [3.8, 4) is 0 Å². The topological polar surface area (TPSA) is 52.6 Å². The predicted molar refractivity (Wildman–Crippen MR) is 111 cm³/mol. The molecule has 2 aromatic rings. The zero-order valence-electron chi connectivity index (χ0n) is 16.5. The summed E-state index contributed by atoms with van der Waals surface area (Å²) in [6, 6.07) is 12.3. The molecule has 2 aromatic carbocycles. The fourth-order valence-electron chi connectivity index (χ4n) is 3.56. The normalized spacial score (nSPS) is 15.8. The molecular formula is C21H28FN3O2S. The maximum atomic E-state index is 13.2. The van der Waals surface area contributed by atoms with E-state index in [1.165, 1.54) is 29.4 Å². The van der Waals surface area contributed by atoms with Crippen LogP contribution in [0.5, 0.6) is 0 Å². The highest BCUT2D eigenvalue weighted by atomic mass is 32.2. The van der Waals surface area contributed by atoms with Crippen LogP contribution >= 0.6 is 0 Å². The molecule has 0 bridgehead atoms. The van der Waals surface area contributed by atoms with Crippen molar-refractivity contribution in [2.24, 2.45) is 0 Å². The Morgan fingerprint density at radius 1 is 1.04 bits per heavy atom. The minimum atomic E-state index is -3.60. The Kier molecular flexibility index (Phi) is 6.69. The van der Waals surface area contributed by atoms with E-state index in [4.69, 9.17) is 0 Å². The first-order valence-corrected chi connectivity index (χ1v) is 11.1. The maximum Gasteiger partial charge on any atom is 0.240 e. The third-order valence-electron chi connectivity index (χ3n) is 5.11. The molecule has 0 unspecified atom stereocenters. The molecule has 0 spiro atoms. The van der Waals surface area contributed by atoms with Gasteiger partial charge in [-0.3, -0.25) is 4.90 Å². The minimum Gasteiger partial charge on any atom is -0.369 e. The van der Waals surface area contributed by atoms with Crippen molar-refractivity contribution in [1.82, 2.24) is 9.62 Å². The van der Waals surface area contributed by atoms with Gasteiger partial charge in [-0.05, 0) is 68.3 Å². The Morgan fingerprint density at radius 3 is 2.46 bits per heavy atom. The molecule has 1 heterocycles. The zero-order valence-corrected chi connectivity index (χ0v) is 17.3. The number of hydrogen-bond donors (Lipinski definition) is 1. The number of anilines is 1. The molecular weight excluding hydrogens is 377 g/mol. The van der Waals surface area contributed by atoms with E-state index in [2.05, 4.69) is 45.7 Å². The first-order valence-electron chi connectivity index (χ1n) is 9.65. The highest BCUT2D eigenvalue weighted by molar-refractivity contribution is 7.89. The standard InChI is InChI=1S/C21H28FN3O2S/c1-17-5-3-6-20(15-17)25-13-11-24(12-14-25)10-4-9-23-28(26,27)21-8-7-19(22)16-18(21)2/h3,5-8,15-16,23H,4,9-14H2,1-2H3. The maximum absolute atomic E-state index is 13.2. The van der Waals surface area contributed by atoms with E-state index in [1.54, 1.807) is 6.92 Å². The van der Waals surface area contributed by atoms with E-state index in [0.29, 0.717) is 12.1 Å². The van der Waals surface area contributed by atoms with E-state index in [0.717, 1.165) is 39.1 Å². The van der Waals surface area contributed by atoms with Crippen molar-refractivity contribution in [2.45, 2.75) is 25.2 Å². The number of rotatable bonds is 7. The molecule has 0 radical (unpaired) electrons. The molecule has 152 valence electrons. The van der Waals surface area contributed by atoms with Crippen LogP contribution in [-0.4, -0.2) is 52.6 Å². The number of piperazine rings is 1. The SMILES string of the molecule is Cc1cccc(N2CCN(CCCNS(=O)(=O)c3ccc(F)cc3C)CC2)c1. The van der Waals surface area contributed by atoms with Gasteiger partial charge in [0.15, 0.2) is 0 Å². The van der Waals surface area contributed by atoms with Crippen molar-refractivity contribution >= 4 is 15.7 Å². The third-order valence-corrected chi connectivity index (χ3v) is 6.73. The molecule has 0 aromatic heterocycles. The fourth-order valence-corrected chi connectivity index (χ4v) is 4.85. The molecule has 5 nitrogen and oxygen atoms in total. The van der Waals surface area contributed by atoms with Gasteiger partial charge in [-0.2, -0.15) is 0 Å². The van der Waals surface area contributed by atoms with E-state index >= 15 is 0 Å².